The molecule has 268 valence electrons. The molecule has 2 aliphatic heterocycles. The zero-order valence-corrected chi connectivity index (χ0v) is 30.0. The molecule has 4 aliphatic rings. The van der Waals surface area contributed by atoms with E-state index >= 15 is 0 Å². The lowest BCUT2D eigenvalue weighted by Gasteiger charge is -2.50. The summed E-state index contributed by atoms with van der Waals surface area (Å²) in [5, 5.41) is 10.5. The standard InChI is InChI=1S/C40H28Cl3FN2O7/c1-53-30-18-22(17-29(41)34(30)48)32-26-15-16-27-31(28(26)19-39(42)37(51)46(38(52)40(32,39)43)25-13-9-23(44)10-14-25)36(50)45(35(27)49)24-11-7-21(8-12-24)33(47)20-5-3-2-4-6-20/h2-15,17-18,27-28,31-32,48H,16,19H2,1H3. The van der Waals surface area contributed by atoms with Crippen LogP contribution in [0.25, 0.3) is 0 Å². The van der Waals surface area contributed by atoms with Crippen molar-refractivity contribution in [3.63, 3.8) is 0 Å². The minimum Gasteiger partial charge on any atom is -0.503 e. The molecule has 9 nitrogen and oxygen atoms in total. The maximum Gasteiger partial charge on any atom is 0.258 e. The second-order valence-electron chi connectivity index (χ2n) is 13.6. The molecule has 3 fully saturated rings. The van der Waals surface area contributed by atoms with Crippen molar-refractivity contribution < 1.29 is 38.2 Å². The molecule has 6 unspecified atom stereocenters. The number of fused-ring (bicyclic) bond motifs is 4. The van der Waals surface area contributed by atoms with Gasteiger partial charge >= 0.3 is 0 Å². The van der Waals surface area contributed by atoms with E-state index in [9.17, 15) is 33.5 Å². The molecule has 0 spiro atoms. The number of hydrogen-bond acceptors (Lipinski definition) is 7. The van der Waals surface area contributed by atoms with Crippen LogP contribution < -0.4 is 14.5 Å². The highest BCUT2D eigenvalue weighted by molar-refractivity contribution is 6.58. The third-order valence-electron chi connectivity index (χ3n) is 10.9. The number of phenolic OH excluding ortho intramolecular Hbond substituents is 1. The van der Waals surface area contributed by atoms with E-state index in [1.807, 2.05) is 0 Å². The molecule has 0 bridgehead atoms. The predicted molar refractivity (Wildman–Crippen MR) is 195 cm³/mol. The summed E-state index contributed by atoms with van der Waals surface area (Å²) < 4.78 is 19.3. The van der Waals surface area contributed by atoms with Gasteiger partial charge < -0.3 is 9.84 Å². The number of imide groups is 2. The third kappa shape index (κ3) is 4.99. The summed E-state index contributed by atoms with van der Waals surface area (Å²) in [6.45, 7) is 0. The molecular formula is C40H28Cl3FN2O7. The maximum absolute atomic E-state index is 14.6. The number of nitrogens with zero attached hydrogens (tertiary/aromatic N) is 2. The topological polar surface area (TPSA) is 121 Å². The van der Waals surface area contributed by atoms with Gasteiger partial charge in [0, 0.05) is 17.0 Å². The second-order valence-corrected chi connectivity index (χ2v) is 15.2. The zero-order chi connectivity index (χ0) is 37.6. The van der Waals surface area contributed by atoms with E-state index in [0.717, 1.165) is 21.9 Å². The van der Waals surface area contributed by atoms with Crippen LogP contribution >= 0.6 is 34.8 Å². The quantitative estimate of drug-likeness (QED) is 0.0953. The van der Waals surface area contributed by atoms with Gasteiger partial charge in [-0.15, -0.1) is 23.2 Å². The van der Waals surface area contributed by atoms with Gasteiger partial charge in [0.25, 0.3) is 11.8 Å². The van der Waals surface area contributed by atoms with Gasteiger partial charge in [-0.05, 0) is 85.0 Å². The molecule has 2 heterocycles. The van der Waals surface area contributed by atoms with Crippen molar-refractivity contribution >= 4 is 75.6 Å². The van der Waals surface area contributed by atoms with Crippen molar-refractivity contribution in [2.45, 2.75) is 28.5 Å². The van der Waals surface area contributed by atoms with E-state index in [4.69, 9.17) is 39.5 Å². The molecule has 8 rings (SSSR count). The summed E-state index contributed by atoms with van der Waals surface area (Å²) in [6.07, 6.45) is 1.58. The predicted octanol–water partition coefficient (Wildman–Crippen LogP) is 7.19. The summed E-state index contributed by atoms with van der Waals surface area (Å²) in [5.74, 6) is -7.84. The highest BCUT2D eigenvalue weighted by Crippen LogP contribution is 2.66. The number of benzene rings is 4. The Balaban J connectivity index is 1.22. The number of alkyl halides is 2. The van der Waals surface area contributed by atoms with Crippen LogP contribution in [0.1, 0.15) is 40.2 Å². The Morgan fingerprint density at radius 3 is 2.11 bits per heavy atom. The average molecular weight is 774 g/mol. The number of ketones is 1. The third-order valence-corrected chi connectivity index (χ3v) is 12.6. The van der Waals surface area contributed by atoms with Crippen molar-refractivity contribution in [2.24, 2.45) is 17.8 Å². The van der Waals surface area contributed by atoms with Gasteiger partial charge in [0.1, 0.15) is 5.82 Å². The van der Waals surface area contributed by atoms with Crippen LogP contribution in [0.4, 0.5) is 15.8 Å². The Morgan fingerprint density at radius 1 is 0.830 bits per heavy atom. The number of methoxy groups -OCH3 is 1. The number of amides is 4. The molecule has 4 aromatic carbocycles. The number of carbonyl (C=O) groups excluding carboxylic acids is 5. The second kappa shape index (κ2) is 12.5. The van der Waals surface area contributed by atoms with Crippen LogP contribution in [0.2, 0.25) is 5.02 Å². The number of hydrogen-bond donors (Lipinski definition) is 1. The van der Waals surface area contributed by atoms with Gasteiger partial charge in [-0.3, -0.25) is 28.9 Å². The van der Waals surface area contributed by atoms with Gasteiger partial charge in [-0.2, -0.15) is 0 Å². The van der Waals surface area contributed by atoms with E-state index in [0.29, 0.717) is 16.7 Å². The summed E-state index contributed by atoms with van der Waals surface area (Å²) in [5.41, 5.74) is 1.93. The van der Waals surface area contributed by atoms with E-state index < -0.39 is 62.9 Å². The van der Waals surface area contributed by atoms with Crippen molar-refractivity contribution in [1.29, 1.82) is 0 Å². The Hall–Kier alpha value is -5.03. The van der Waals surface area contributed by atoms with Crippen molar-refractivity contribution in [2.75, 3.05) is 16.9 Å². The van der Waals surface area contributed by atoms with E-state index in [-0.39, 0.29) is 52.1 Å². The molecule has 53 heavy (non-hydrogen) atoms. The minimum absolute atomic E-state index is 0.0380. The number of anilines is 2. The lowest BCUT2D eigenvalue weighted by molar-refractivity contribution is -0.125. The van der Waals surface area contributed by atoms with Gasteiger partial charge in [0.15, 0.2) is 27.0 Å². The molecule has 4 aromatic rings. The van der Waals surface area contributed by atoms with E-state index in [2.05, 4.69) is 0 Å². The smallest absolute Gasteiger partial charge is 0.258 e. The molecule has 1 saturated carbocycles. The molecule has 2 aliphatic carbocycles. The molecule has 4 amide bonds. The van der Waals surface area contributed by atoms with Crippen LogP contribution in [0.15, 0.2) is 103 Å². The first kappa shape index (κ1) is 35.0. The normalized spacial score (nSPS) is 27.7. The highest BCUT2D eigenvalue weighted by Gasteiger charge is 2.76. The van der Waals surface area contributed by atoms with E-state index in [1.165, 1.54) is 31.4 Å². The number of carbonyl (C=O) groups is 5. The first-order chi connectivity index (χ1) is 25.3. The molecule has 13 heteroatoms. The van der Waals surface area contributed by atoms with Crippen LogP contribution in [0, 0.1) is 23.6 Å². The summed E-state index contributed by atoms with van der Waals surface area (Å²) in [7, 11) is 1.31. The molecular weight excluding hydrogens is 746 g/mol. The first-order valence-corrected chi connectivity index (χ1v) is 17.8. The largest absolute Gasteiger partial charge is 0.503 e. The van der Waals surface area contributed by atoms with Gasteiger partial charge in [0.2, 0.25) is 11.8 Å². The Labute approximate surface area is 317 Å². The summed E-state index contributed by atoms with van der Waals surface area (Å²) >= 11 is 21.3. The lowest BCUT2D eigenvalue weighted by atomic mass is 9.56. The first-order valence-electron chi connectivity index (χ1n) is 16.7. The number of phenols is 1. The Morgan fingerprint density at radius 2 is 1.45 bits per heavy atom. The molecule has 6 atom stereocenters. The van der Waals surface area contributed by atoms with Crippen LogP contribution in [-0.2, 0) is 19.2 Å². The van der Waals surface area contributed by atoms with E-state index in [1.54, 1.807) is 60.7 Å². The van der Waals surface area contributed by atoms with Gasteiger partial charge in [-0.25, -0.2) is 9.29 Å². The summed E-state index contributed by atoms with van der Waals surface area (Å²) in [4.78, 5) is 68.2. The van der Waals surface area contributed by atoms with Crippen molar-refractivity contribution in [1.82, 2.24) is 0 Å². The molecule has 0 aromatic heterocycles. The maximum atomic E-state index is 14.6. The van der Waals surface area contributed by atoms with Crippen molar-refractivity contribution in [3.05, 3.63) is 130 Å². The molecule has 2 saturated heterocycles. The van der Waals surface area contributed by atoms with Gasteiger partial charge in [0.05, 0.1) is 35.3 Å². The van der Waals surface area contributed by atoms with Crippen LogP contribution in [0.3, 0.4) is 0 Å². The van der Waals surface area contributed by atoms with Crippen LogP contribution in [0.5, 0.6) is 11.5 Å². The van der Waals surface area contributed by atoms with Gasteiger partial charge in [-0.1, -0.05) is 53.6 Å². The fourth-order valence-electron chi connectivity index (χ4n) is 8.46. The highest BCUT2D eigenvalue weighted by atomic mass is 35.5. The Bertz CT molecular complexity index is 2280. The number of rotatable bonds is 6. The monoisotopic (exact) mass is 772 g/mol. The number of ether oxygens (including phenoxy) is 1. The Kier molecular flexibility index (Phi) is 8.29. The van der Waals surface area contributed by atoms with Crippen LogP contribution in [-0.4, -0.2) is 51.4 Å². The lowest BCUT2D eigenvalue weighted by Crippen LogP contribution is -2.60. The average Bonchev–Trinajstić information content (AvgIpc) is 3.50. The zero-order valence-electron chi connectivity index (χ0n) is 27.8. The molecule has 1 N–H and O–H groups in total. The number of aromatic hydroxyl groups is 1. The minimum atomic E-state index is -2.20. The number of allylic oxidation sites excluding steroid dienone is 2. The summed E-state index contributed by atoms with van der Waals surface area (Å²) in [6, 6.07) is 22.4. The molecule has 0 radical (unpaired) electrons. The SMILES string of the molecule is COc1cc(C2C3=CCC4C(=O)N(c5ccc(C(=O)c6ccccc6)cc5)C(=O)C4C3CC3(Cl)C(=O)N(c4ccc(F)cc4)C(=O)C23Cl)cc(Cl)c1O. The number of halogens is 4. The fourth-order valence-corrected chi connectivity index (χ4v) is 9.62. The fraction of sp³-hybridized carbons (Fsp3) is 0.225. The van der Waals surface area contributed by atoms with Crippen molar-refractivity contribution in [3.8, 4) is 11.5 Å².